The molecule has 1 saturated carbocycles. The maximum Gasteiger partial charge on any atom is 0.115 e. The van der Waals surface area contributed by atoms with Crippen LogP contribution < -0.4 is 5.32 Å². The molecule has 0 amide bonds. The molecule has 2 N–H and O–H groups in total. The van der Waals surface area contributed by atoms with E-state index < -0.39 is 0 Å². The first-order chi connectivity index (χ1) is 10.3. The summed E-state index contributed by atoms with van der Waals surface area (Å²) in [6.45, 7) is 2.07. The van der Waals surface area contributed by atoms with Crippen LogP contribution in [0.4, 0.5) is 5.69 Å². The molecule has 0 saturated heterocycles. The molecular weight excluding hydrogens is 258 g/mol. The number of rotatable bonds is 2. The van der Waals surface area contributed by atoms with Gasteiger partial charge in [-0.3, -0.25) is 0 Å². The van der Waals surface area contributed by atoms with Crippen molar-refractivity contribution in [2.45, 2.75) is 83.6 Å². The molecule has 2 nitrogen and oxygen atoms in total. The lowest BCUT2D eigenvalue weighted by atomic mass is 9.97. The van der Waals surface area contributed by atoms with Gasteiger partial charge in [0, 0.05) is 11.7 Å². The zero-order valence-corrected chi connectivity index (χ0v) is 13.5. The van der Waals surface area contributed by atoms with Gasteiger partial charge < -0.3 is 10.4 Å². The fourth-order valence-corrected chi connectivity index (χ4v) is 3.34. The zero-order valence-electron chi connectivity index (χ0n) is 13.5. The lowest BCUT2D eigenvalue weighted by molar-refractivity contribution is 0.474. The summed E-state index contributed by atoms with van der Waals surface area (Å²) in [5, 5.41) is 13.2. The maximum atomic E-state index is 9.52. The van der Waals surface area contributed by atoms with E-state index in [0.29, 0.717) is 11.8 Å². The van der Waals surface area contributed by atoms with Crippen LogP contribution in [0.25, 0.3) is 0 Å². The second kappa shape index (κ2) is 8.96. The number of anilines is 1. The first-order valence-corrected chi connectivity index (χ1v) is 8.82. The van der Waals surface area contributed by atoms with E-state index in [4.69, 9.17) is 0 Å². The summed E-state index contributed by atoms with van der Waals surface area (Å²) in [5.41, 5.74) is 2.33. The van der Waals surface area contributed by atoms with Gasteiger partial charge in [-0.05, 0) is 43.5 Å². The second-order valence-corrected chi connectivity index (χ2v) is 6.60. The standard InChI is InChI=1S/C19H31NO/c1-16-15-18(21)13-14-19(16)20-17-11-9-7-5-3-2-4-6-8-10-12-17/h13-15,17,20-21H,2-12H2,1H3. The van der Waals surface area contributed by atoms with Gasteiger partial charge in [-0.1, -0.05) is 57.8 Å². The summed E-state index contributed by atoms with van der Waals surface area (Å²) in [4.78, 5) is 0. The summed E-state index contributed by atoms with van der Waals surface area (Å²) >= 11 is 0. The molecule has 0 heterocycles. The normalized spacial score (nSPS) is 19.5. The SMILES string of the molecule is Cc1cc(O)ccc1NC1CCCCCCCCCCC1. The molecular formula is C19H31NO. The van der Waals surface area contributed by atoms with Crippen molar-refractivity contribution in [3.05, 3.63) is 23.8 Å². The zero-order chi connectivity index (χ0) is 14.9. The van der Waals surface area contributed by atoms with Crippen molar-refractivity contribution >= 4 is 5.69 Å². The Balaban J connectivity index is 1.90. The third-order valence-corrected chi connectivity index (χ3v) is 4.67. The number of aryl methyl sites for hydroxylation is 1. The molecule has 1 aliphatic rings. The van der Waals surface area contributed by atoms with Crippen molar-refractivity contribution in [1.29, 1.82) is 0 Å². The van der Waals surface area contributed by atoms with Gasteiger partial charge in [0.2, 0.25) is 0 Å². The van der Waals surface area contributed by atoms with Crippen LogP contribution in [-0.2, 0) is 0 Å². The van der Waals surface area contributed by atoms with Crippen LogP contribution in [-0.4, -0.2) is 11.1 Å². The average Bonchev–Trinajstić information content (AvgIpc) is 2.44. The molecule has 0 aliphatic heterocycles. The Morgan fingerprint density at radius 2 is 1.38 bits per heavy atom. The number of hydrogen-bond donors (Lipinski definition) is 2. The first kappa shape index (κ1) is 16.2. The van der Waals surface area contributed by atoms with Gasteiger partial charge in [0.05, 0.1) is 0 Å². The number of phenols is 1. The van der Waals surface area contributed by atoms with Crippen molar-refractivity contribution in [3.8, 4) is 5.75 Å². The Kier molecular flexibility index (Phi) is 6.91. The van der Waals surface area contributed by atoms with Crippen LogP contribution in [0, 0.1) is 6.92 Å². The molecule has 0 unspecified atom stereocenters. The highest BCUT2D eigenvalue weighted by Gasteiger charge is 2.10. The summed E-state index contributed by atoms with van der Waals surface area (Å²) in [6.07, 6.45) is 15.1. The minimum atomic E-state index is 0.358. The third-order valence-electron chi connectivity index (χ3n) is 4.67. The smallest absolute Gasteiger partial charge is 0.115 e. The molecule has 0 aromatic heterocycles. The molecule has 0 spiro atoms. The second-order valence-electron chi connectivity index (χ2n) is 6.60. The Bertz CT molecular complexity index is 404. The van der Waals surface area contributed by atoms with E-state index in [1.54, 1.807) is 6.07 Å². The monoisotopic (exact) mass is 289 g/mol. The fourth-order valence-electron chi connectivity index (χ4n) is 3.34. The number of nitrogens with one attached hydrogen (secondary N) is 1. The highest BCUT2D eigenvalue weighted by molar-refractivity contribution is 5.53. The van der Waals surface area contributed by atoms with Crippen molar-refractivity contribution in [3.63, 3.8) is 0 Å². The Morgan fingerprint density at radius 3 is 1.90 bits per heavy atom. The van der Waals surface area contributed by atoms with Gasteiger partial charge >= 0.3 is 0 Å². The lowest BCUT2D eigenvalue weighted by Crippen LogP contribution is -2.20. The van der Waals surface area contributed by atoms with Gasteiger partial charge in [0.15, 0.2) is 0 Å². The Hall–Kier alpha value is -1.18. The van der Waals surface area contributed by atoms with Gasteiger partial charge in [-0.25, -0.2) is 0 Å². The fraction of sp³-hybridized carbons (Fsp3) is 0.684. The molecule has 0 radical (unpaired) electrons. The minimum Gasteiger partial charge on any atom is -0.508 e. The van der Waals surface area contributed by atoms with Crippen LogP contribution >= 0.6 is 0 Å². The predicted molar refractivity (Wildman–Crippen MR) is 91.0 cm³/mol. The summed E-state index contributed by atoms with van der Waals surface area (Å²) in [5.74, 6) is 0.358. The maximum absolute atomic E-state index is 9.52. The van der Waals surface area contributed by atoms with E-state index in [1.807, 2.05) is 12.1 Å². The van der Waals surface area contributed by atoms with Crippen LogP contribution in [0.3, 0.4) is 0 Å². The van der Waals surface area contributed by atoms with Crippen molar-refractivity contribution < 1.29 is 5.11 Å². The van der Waals surface area contributed by atoms with Gasteiger partial charge in [-0.2, -0.15) is 0 Å². The van der Waals surface area contributed by atoms with Gasteiger partial charge in [-0.15, -0.1) is 0 Å². The van der Waals surface area contributed by atoms with Crippen molar-refractivity contribution in [2.75, 3.05) is 5.32 Å². The summed E-state index contributed by atoms with van der Waals surface area (Å²) in [7, 11) is 0. The van der Waals surface area contributed by atoms with E-state index >= 15 is 0 Å². The van der Waals surface area contributed by atoms with Crippen molar-refractivity contribution in [1.82, 2.24) is 0 Å². The largest absolute Gasteiger partial charge is 0.508 e. The molecule has 118 valence electrons. The van der Waals surface area contributed by atoms with Crippen molar-refractivity contribution in [2.24, 2.45) is 0 Å². The molecule has 2 rings (SSSR count). The lowest BCUT2D eigenvalue weighted by Gasteiger charge is -2.22. The molecule has 1 aromatic rings. The van der Waals surface area contributed by atoms with E-state index in [2.05, 4.69) is 12.2 Å². The third kappa shape index (κ3) is 5.99. The Morgan fingerprint density at radius 1 is 0.857 bits per heavy atom. The molecule has 2 heteroatoms. The van der Waals surface area contributed by atoms with Gasteiger partial charge in [0.1, 0.15) is 5.75 Å². The minimum absolute atomic E-state index is 0.358. The van der Waals surface area contributed by atoms with E-state index in [-0.39, 0.29) is 0 Å². The van der Waals surface area contributed by atoms with Crippen LogP contribution in [0.1, 0.15) is 76.2 Å². The number of phenolic OH excluding ortho intramolecular Hbond substituents is 1. The van der Waals surface area contributed by atoms with Crippen LogP contribution in [0.2, 0.25) is 0 Å². The summed E-state index contributed by atoms with van der Waals surface area (Å²) in [6, 6.07) is 6.23. The number of benzene rings is 1. The van der Waals surface area contributed by atoms with Crippen LogP contribution in [0.15, 0.2) is 18.2 Å². The molecule has 1 aliphatic carbocycles. The molecule has 1 aromatic carbocycles. The molecule has 0 bridgehead atoms. The quantitative estimate of drug-likeness (QED) is 0.676. The predicted octanol–water partition coefficient (Wildman–Crippen LogP) is 5.79. The number of hydrogen-bond acceptors (Lipinski definition) is 2. The van der Waals surface area contributed by atoms with E-state index in [1.165, 1.54) is 76.3 Å². The summed E-state index contributed by atoms with van der Waals surface area (Å²) < 4.78 is 0. The molecule has 0 atom stereocenters. The topological polar surface area (TPSA) is 32.3 Å². The highest BCUT2D eigenvalue weighted by atomic mass is 16.3. The molecule has 21 heavy (non-hydrogen) atoms. The van der Waals surface area contributed by atoms with Crippen LogP contribution in [0.5, 0.6) is 5.75 Å². The van der Waals surface area contributed by atoms with E-state index in [9.17, 15) is 5.11 Å². The van der Waals surface area contributed by atoms with E-state index in [0.717, 1.165) is 5.56 Å². The average molecular weight is 289 g/mol. The van der Waals surface area contributed by atoms with Gasteiger partial charge in [0.25, 0.3) is 0 Å². The Labute approximate surface area is 130 Å². The molecule has 1 fully saturated rings. The highest BCUT2D eigenvalue weighted by Crippen LogP contribution is 2.24. The first-order valence-electron chi connectivity index (χ1n) is 8.82. The number of aromatic hydroxyl groups is 1.